The van der Waals surface area contributed by atoms with Gasteiger partial charge >= 0.3 is 0 Å². The van der Waals surface area contributed by atoms with Gasteiger partial charge in [-0.15, -0.1) is 0 Å². The lowest BCUT2D eigenvalue weighted by molar-refractivity contribution is -0.123. The zero-order chi connectivity index (χ0) is 11.6. The fourth-order valence-electron chi connectivity index (χ4n) is 1.22. The summed E-state index contributed by atoms with van der Waals surface area (Å²) in [4.78, 5) is 11.3. The molecule has 1 aromatic carbocycles. The van der Waals surface area contributed by atoms with Crippen molar-refractivity contribution in [1.29, 1.82) is 0 Å². The number of halogens is 2. The van der Waals surface area contributed by atoms with Crippen molar-refractivity contribution < 1.29 is 9.18 Å². The van der Waals surface area contributed by atoms with Crippen molar-refractivity contribution in [3.05, 3.63) is 34.1 Å². The van der Waals surface area contributed by atoms with Crippen molar-refractivity contribution in [2.45, 2.75) is 12.5 Å². The molecule has 0 spiro atoms. The molecule has 0 bridgehead atoms. The molecule has 0 heterocycles. The minimum Gasteiger partial charge on any atom is -0.368 e. The minimum absolute atomic E-state index is 0.308. The van der Waals surface area contributed by atoms with Gasteiger partial charge in [-0.2, -0.15) is 0 Å². The maximum absolute atomic E-state index is 13.0. The SMILES string of the molecule is CNC(C)(C(N)=O)c1ccc(F)c(Br)c1. The van der Waals surface area contributed by atoms with Gasteiger partial charge in [0.1, 0.15) is 11.4 Å². The van der Waals surface area contributed by atoms with E-state index < -0.39 is 11.4 Å². The van der Waals surface area contributed by atoms with Gasteiger partial charge in [0.05, 0.1) is 4.47 Å². The summed E-state index contributed by atoms with van der Waals surface area (Å²) >= 11 is 3.06. The molecule has 1 atom stereocenters. The van der Waals surface area contributed by atoms with Gasteiger partial charge in [0, 0.05) is 0 Å². The fourth-order valence-corrected chi connectivity index (χ4v) is 1.60. The van der Waals surface area contributed by atoms with E-state index >= 15 is 0 Å². The summed E-state index contributed by atoms with van der Waals surface area (Å²) < 4.78 is 13.3. The van der Waals surface area contributed by atoms with Crippen LogP contribution in [0.3, 0.4) is 0 Å². The summed E-state index contributed by atoms with van der Waals surface area (Å²) in [6.07, 6.45) is 0. The average molecular weight is 275 g/mol. The number of hydrogen-bond donors (Lipinski definition) is 2. The lowest BCUT2D eigenvalue weighted by atomic mass is 9.91. The summed E-state index contributed by atoms with van der Waals surface area (Å²) in [5.74, 6) is -0.884. The Balaban J connectivity index is 3.25. The second-order valence-electron chi connectivity index (χ2n) is 3.37. The maximum Gasteiger partial charge on any atom is 0.242 e. The van der Waals surface area contributed by atoms with E-state index in [4.69, 9.17) is 5.73 Å². The predicted molar refractivity (Wildman–Crippen MR) is 59.7 cm³/mol. The number of benzene rings is 1. The van der Waals surface area contributed by atoms with Crippen LogP contribution in [0.2, 0.25) is 0 Å². The van der Waals surface area contributed by atoms with E-state index in [1.807, 2.05) is 0 Å². The Morgan fingerprint density at radius 3 is 2.60 bits per heavy atom. The zero-order valence-electron chi connectivity index (χ0n) is 8.47. The quantitative estimate of drug-likeness (QED) is 0.878. The third-order valence-corrected chi connectivity index (χ3v) is 3.10. The predicted octanol–water partition coefficient (Wildman–Crippen LogP) is 1.51. The number of amides is 1. The Morgan fingerprint density at radius 1 is 1.60 bits per heavy atom. The van der Waals surface area contributed by atoms with Crippen LogP contribution in [0.15, 0.2) is 22.7 Å². The molecule has 3 N–H and O–H groups in total. The fraction of sp³-hybridized carbons (Fsp3) is 0.300. The molecule has 0 aliphatic heterocycles. The number of likely N-dealkylation sites (N-methyl/N-ethyl adjacent to an activating group) is 1. The van der Waals surface area contributed by atoms with Crippen molar-refractivity contribution in [2.75, 3.05) is 7.05 Å². The molecule has 3 nitrogen and oxygen atoms in total. The van der Waals surface area contributed by atoms with Gasteiger partial charge in [-0.3, -0.25) is 4.79 Å². The first kappa shape index (κ1) is 12.1. The molecule has 0 saturated heterocycles. The first-order chi connectivity index (χ1) is 6.91. The van der Waals surface area contributed by atoms with Crippen LogP contribution in [0.1, 0.15) is 12.5 Å². The highest BCUT2D eigenvalue weighted by atomic mass is 79.9. The highest BCUT2D eigenvalue weighted by molar-refractivity contribution is 9.10. The largest absolute Gasteiger partial charge is 0.368 e. The zero-order valence-corrected chi connectivity index (χ0v) is 10.1. The van der Waals surface area contributed by atoms with E-state index in [-0.39, 0.29) is 5.82 Å². The summed E-state index contributed by atoms with van der Waals surface area (Å²) in [5.41, 5.74) is 4.92. The van der Waals surface area contributed by atoms with Crippen LogP contribution in [0.4, 0.5) is 4.39 Å². The number of hydrogen-bond acceptors (Lipinski definition) is 2. The van der Waals surface area contributed by atoms with E-state index in [1.165, 1.54) is 18.2 Å². The van der Waals surface area contributed by atoms with Gasteiger partial charge < -0.3 is 11.1 Å². The Labute approximate surface area is 96.0 Å². The molecule has 15 heavy (non-hydrogen) atoms. The van der Waals surface area contributed by atoms with Crippen LogP contribution < -0.4 is 11.1 Å². The highest BCUT2D eigenvalue weighted by Gasteiger charge is 2.31. The summed E-state index contributed by atoms with van der Waals surface area (Å²) in [6, 6.07) is 4.36. The number of nitrogens with one attached hydrogen (secondary N) is 1. The third-order valence-electron chi connectivity index (χ3n) is 2.49. The molecule has 5 heteroatoms. The van der Waals surface area contributed by atoms with Crippen LogP contribution in [-0.4, -0.2) is 13.0 Å². The molecule has 82 valence electrons. The van der Waals surface area contributed by atoms with E-state index in [9.17, 15) is 9.18 Å². The molecule has 0 fully saturated rings. The Kier molecular flexibility index (Phi) is 3.46. The molecule has 1 amide bonds. The Bertz CT molecular complexity index is 397. The molecule has 0 aromatic heterocycles. The van der Waals surface area contributed by atoms with E-state index in [0.717, 1.165) is 0 Å². The molecule has 1 aromatic rings. The first-order valence-electron chi connectivity index (χ1n) is 4.36. The molecule has 1 unspecified atom stereocenters. The average Bonchev–Trinajstić information content (AvgIpc) is 2.20. The number of primary amides is 1. The van der Waals surface area contributed by atoms with Crippen LogP contribution in [-0.2, 0) is 10.3 Å². The van der Waals surface area contributed by atoms with Gasteiger partial charge in [-0.25, -0.2) is 4.39 Å². The van der Waals surface area contributed by atoms with Crippen LogP contribution >= 0.6 is 15.9 Å². The number of rotatable bonds is 3. The first-order valence-corrected chi connectivity index (χ1v) is 5.15. The standard InChI is InChI=1S/C10H12BrFN2O/c1-10(14-2,9(13)15)6-3-4-8(12)7(11)5-6/h3-5,14H,1-2H3,(H2,13,15). The van der Waals surface area contributed by atoms with Crippen LogP contribution in [0, 0.1) is 5.82 Å². The lowest BCUT2D eigenvalue weighted by Gasteiger charge is -2.26. The smallest absolute Gasteiger partial charge is 0.242 e. The van der Waals surface area contributed by atoms with E-state index in [0.29, 0.717) is 10.0 Å². The van der Waals surface area contributed by atoms with Gasteiger partial charge in [0.2, 0.25) is 5.91 Å². The molecule has 0 saturated carbocycles. The molecule has 0 aliphatic carbocycles. The number of carbonyl (C=O) groups is 1. The van der Waals surface area contributed by atoms with Crippen molar-refractivity contribution in [1.82, 2.24) is 5.32 Å². The molecule has 1 rings (SSSR count). The van der Waals surface area contributed by atoms with Gasteiger partial charge in [0.15, 0.2) is 0 Å². The summed E-state index contributed by atoms with van der Waals surface area (Å²) in [7, 11) is 1.63. The van der Waals surface area contributed by atoms with Crippen molar-refractivity contribution in [3.63, 3.8) is 0 Å². The second-order valence-corrected chi connectivity index (χ2v) is 4.22. The Morgan fingerprint density at radius 2 is 2.20 bits per heavy atom. The number of nitrogens with two attached hydrogens (primary N) is 1. The van der Waals surface area contributed by atoms with Crippen LogP contribution in [0.25, 0.3) is 0 Å². The maximum atomic E-state index is 13.0. The van der Waals surface area contributed by atoms with Gasteiger partial charge in [-0.1, -0.05) is 6.07 Å². The van der Waals surface area contributed by atoms with Crippen molar-refractivity contribution >= 4 is 21.8 Å². The molecule has 0 aliphatic rings. The van der Waals surface area contributed by atoms with Crippen molar-refractivity contribution in [3.8, 4) is 0 Å². The molecular weight excluding hydrogens is 263 g/mol. The topological polar surface area (TPSA) is 55.1 Å². The molecular formula is C10H12BrFN2O. The lowest BCUT2D eigenvalue weighted by Crippen LogP contribution is -2.48. The second kappa shape index (κ2) is 4.28. The highest BCUT2D eigenvalue weighted by Crippen LogP contribution is 2.25. The third kappa shape index (κ3) is 2.18. The van der Waals surface area contributed by atoms with Gasteiger partial charge in [-0.05, 0) is 47.6 Å². The van der Waals surface area contributed by atoms with Crippen molar-refractivity contribution in [2.24, 2.45) is 5.73 Å². The van der Waals surface area contributed by atoms with E-state index in [2.05, 4.69) is 21.2 Å². The summed E-state index contributed by atoms with van der Waals surface area (Å²) in [5, 5.41) is 2.82. The number of carbonyl (C=O) groups excluding carboxylic acids is 1. The normalized spacial score (nSPS) is 14.7. The van der Waals surface area contributed by atoms with E-state index in [1.54, 1.807) is 14.0 Å². The summed E-state index contributed by atoms with van der Waals surface area (Å²) in [6.45, 7) is 1.65. The Hall–Kier alpha value is -0.940. The van der Waals surface area contributed by atoms with Crippen LogP contribution in [0.5, 0.6) is 0 Å². The van der Waals surface area contributed by atoms with Gasteiger partial charge in [0.25, 0.3) is 0 Å². The minimum atomic E-state index is -0.990. The monoisotopic (exact) mass is 274 g/mol. The molecule has 0 radical (unpaired) electrons.